The number of carbonyl (C=O) groups is 1. The first-order chi connectivity index (χ1) is 20.0. The van der Waals surface area contributed by atoms with Gasteiger partial charge >= 0.3 is 0 Å². The van der Waals surface area contributed by atoms with Crippen molar-refractivity contribution in [3.05, 3.63) is 120 Å². The molecule has 7 nitrogen and oxygen atoms in total. The minimum atomic E-state index is -0.268. The van der Waals surface area contributed by atoms with Crippen LogP contribution in [0.3, 0.4) is 0 Å². The fourth-order valence-electron chi connectivity index (χ4n) is 5.53. The number of fused-ring (bicyclic) bond motifs is 1. The molecule has 1 aliphatic rings. The Hall–Kier alpha value is -5.17. The van der Waals surface area contributed by atoms with Crippen molar-refractivity contribution in [2.75, 3.05) is 7.11 Å². The van der Waals surface area contributed by atoms with Crippen LogP contribution in [0.1, 0.15) is 34.3 Å². The number of aromatic nitrogens is 4. The molecule has 41 heavy (non-hydrogen) atoms. The van der Waals surface area contributed by atoms with Gasteiger partial charge in [0, 0.05) is 29.7 Å². The number of rotatable bonds is 7. The van der Waals surface area contributed by atoms with Gasteiger partial charge in [-0.2, -0.15) is 5.10 Å². The van der Waals surface area contributed by atoms with Crippen LogP contribution in [0.4, 0.5) is 0 Å². The molecule has 6 aromatic rings. The third-order valence-corrected chi connectivity index (χ3v) is 7.97. The maximum atomic E-state index is 13.4. The van der Waals surface area contributed by atoms with E-state index >= 15 is 0 Å². The average molecular weight is 540 g/mol. The molecule has 0 bridgehead atoms. The largest absolute Gasteiger partial charge is 0.497 e. The number of aromatic amines is 1. The van der Waals surface area contributed by atoms with Gasteiger partial charge in [0.1, 0.15) is 17.3 Å². The summed E-state index contributed by atoms with van der Waals surface area (Å²) in [6.45, 7) is 2.07. The van der Waals surface area contributed by atoms with E-state index < -0.39 is 0 Å². The van der Waals surface area contributed by atoms with E-state index in [1.54, 1.807) is 13.3 Å². The second-order valence-corrected chi connectivity index (χ2v) is 10.6. The Balaban J connectivity index is 1.28. The standard InChI is InChI=1S/C34H29N5O2/c1-22-8-9-25(33(40)37-34(15-16-34)26-6-4-3-5-7-26)20-28(22)24-14-19-39-29(21-24)30(32-35-17-18-36-32)31(38-39)23-10-12-27(41-2)13-11-23/h3-14,17-21H,15-16H2,1-2H3,(H,35,36)(H,37,40). The molecule has 1 amide bonds. The van der Waals surface area contributed by atoms with Crippen LogP contribution < -0.4 is 10.1 Å². The molecule has 7 rings (SSSR count). The number of H-pyrrole nitrogens is 1. The molecule has 0 spiro atoms. The SMILES string of the molecule is COc1ccc(-c2nn3ccc(-c4cc(C(=O)NC5(c6ccccc6)CC5)ccc4C)cc3c2-c2ncc[nH]2)cc1. The zero-order valence-electron chi connectivity index (χ0n) is 22.9. The molecule has 3 aromatic heterocycles. The number of benzene rings is 3. The number of amides is 1. The molecule has 202 valence electrons. The number of aryl methyl sites for hydroxylation is 1. The number of methoxy groups -OCH3 is 1. The number of imidazole rings is 1. The summed E-state index contributed by atoms with van der Waals surface area (Å²) in [5, 5.41) is 8.24. The number of pyridine rings is 1. The second-order valence-electron chi connectivity index (χ2n) is 10.6. The van der Waals surface area contributed by atoms with Gasteiger partial charge in [0.15, 0.2) is 0 Å². The minimum Gasteiger partial charge on any atom is -0.497 e. The van der Waals surface area contributed by atoms with Gasteiger partial charge in [-0.1, -0.05) is 36.4 Å². The zero-order valence-corrected chi connectivity index (χ0v) is 22.9. The first-order valence-electron chi connectivity index (χ1n) is 13.7. The lowest BCUT2D eigenvalue weighted by atomic mass is 9.97. The summed E-state index contributed by atoms with van der Waals surface area (Å²) in [5.74, 6) is 1.47. The van der Waals surface area contributed by atoms with E-state index in [1.807, 2.05) is 83.6 Å². The van der Waals surface area contributed by atoms with Crippen molar-refractivity contribution in [2.24, 2.45) is 0 Å². The van der Waals surface area contributed by atoms with Crippen LogP contribution in [0.15, 0.2) is 104 Å². The molecule has 3 heterocycles. The summed E-state index contributed by atoms with van der Waals surface area (Å²) in [6.07, 6.45) is 7.42. The van der Waals surface area contributed by atoms with Gasteiger partial charge in [-0.3, -0.25) is 4.79 Å². The Morgan fingerprint density at radius 3 is 2.49 bits per heavy atom. The van der Waals surface area contributed by atoms with Gasteiger partial charge in [0.05, 0.1) is 23.7 Å². The number of nitrogens with one attached hydrogen (secondary N) is 2. The van der Waals surface area contributed by atoms with Crippen LogP contribution in [0.5, 0.6) is 5.75 Å². The lowest BCUT2D eigenvalue weighted by molar-refractivity contribution is 0.0931. The Labute approximate surface area is 237 Å². The van der Waals surface area contributed by atoms with Crippen molar-refractivity contribution < 1.29 is 9.53 Å². The van der Waals surface area contributed by atoms with E-state index in [0.717, 1.165) is 69.0 Å². The average Bonchev–Trinajstić information content (AvgIpc) is 3.41. The molecule has 7 heteroatoms. The summed E-state index contributed by atoms with van der Waals surface area (Å²) in [7, 11) is 1.66. The maximum absolute atomic E-state index is 13.4. The molecule has 1 fully saturated rings. The fourth-order valence-corrected chi connectivity index (χ4v) is 5.53. The van der Waals surface area contributed by atoms with Crippen LogP contribution in [0.25, 0.3) is 39.3 Å². The van der Waals surface area contributed by atoms with Crippen molar-refractivity contribution in [3.8, 4) is 39.5 Å². The predicted octanol–water partition coefficient (Wildman–Crippen LogP) is 6.79. The number of hydrogen-bond acceptors (Lipinski definition) is 4. The number of ether oxygens (including phenoxy) is 1. The topological polar surface area (TPSA) is 84.3 Å². The summed E-state index contributed by atoms with van der Waals surface area (Å²) in [4.78, 5) is 21.3. The van der Waals surface area contributed by atoms with E-state index in [2.05, 4.69) is 40.4 Å². The van der Waals surface area contributed by atoms with E-state index in [4.69, 9.17) is 9.84 Å². The van der Waals surface area contributed by atoms with Gasteiger partial charge < -0.3 is 15.0 Å². The molecular formula is C34H29N5O2. The molecule has 0 saturated heterocycles. The summed E-state index contributed by atoms with van der Waals surface area (Å²) in [5.41, 5.74) is 8.23. The molecule has 1 aliphatic carbocycles. The van der Waals surface area contributed by atoms with Gasteiger partial charge in [0.2, 0.25) is 0 Å². The van der Waals surface area contributed by atoms with E-state index in [9.17, 15) is 4.79 Å². The molecule has 0 unspecified atom stereocenters. The van der Waals surface area contributed by atoms with Crippen molar-refractivity contribution in [1.29, 1.82) is 0 Å². The van der Waals surface area contributed by atoms with Crippen molar-refractivity contribution in [3.63, 3.8) is 0 Å². The molecular weight excluding hydrogens is 510 g/mol. The molecule has 2 N–H and O–H groups in total. The molecule has 1 saturated carbocycles. The fraction of sp³-hybridized carbons (Fsp3) is 0.147. The van der Waals surface area contributed by atoms with Crippen LogP contribution in [0.2, 0.25) is 0 Å². The Bertz CT molecular complexity index is 1870. The summed E-state index contributed by atoms with van der Waals surface area (Å²) in [6, 6.07) is 28.2. The minimum absolute atomic E-state index is 0.0592. The smallest absolute Gasteiger partial charge is 0.251 e. The highest BCUT2D eigenvalue weighted by atomic mass is 16.5. The van der Waals surface area contributed by atoms with Gasteiger partial charge in [-0.05, 0) is 90.6 Å². The quantitative estimate of drug-likeness (QED) is 0.234. The lowest BCUT2D eigenvalue weighted by Gasteiger charge is -2.18. The van der Waals surface area contributed by atoms with Crippen LogP contribution >= 0.6 is 0 Å². The normalized spacial score (nSPS) is 13.7. The molecule has 0 radical (unpaired) electrons. The molecule has 0 atom stereocenters. The van der Waals surface area contributed by atoms with Crippen LogP contribution in [-0.4, -0.2) is 32.6 Å². The van der Waals surface area contributed by atoms with Crippen molar-refractivity contribution in [2.45, 2.75) is 25.3 Å². The highest BCUT2D eigenvalue weighted by Gasteiger charge is 2.45. The highest BCUT2D eigenvalue weighted by molar-refractivity contribution is 5.97. The van der Waals surface area contributed by atoms with Crippen molar-refractivity contribution in [1.82, 2.24) is 24.9 Å². The maximum Gasteiger partial charge on any atom is 0.251 e. The van der Waals surface area contributed by atoms with Gasteiger partial charge in [-0.25, -0.2) is 9.50 Å². The first kappa shape index (κ1) is 24.8. The third kappa shape index (κ3) is 4.45. The van der Waals surface area contributed by atoms with Crippen LogP contribution in [0, 0.1) is 6.92 Å². The Kier molecular flexibility index (Phi) is 5.93. The van der Waals surface area contributed by atoms with Crippen molar-refractivity contribution >= 4 is 11.4 Å². The van der Waals surface area contributed by atoms with E-state index in [0.29, 0.717) is 5.56 Å². The molecule has 0 aliphatic heterocycles. The monoisotopic (exact) mass is 539 g/mol. The predicted molar refractivity (Wildman–Crippen MR) is 160 cm³/mol. The summed E-state index contributed by atoms with van der Waals surface area (Å²) < 4.78 is 7.23. The second kappa shape index (κ2) is 9.78. The Morgan fingerprint density at radius 2 is 1.78 bits per heavy atom. The third-order valence-electron chi connectivity index (χ3n) is 7.97. The van der Waals surface area contributed by atoms with E-state index in [-0.39, 0.29) is 11.4 Å². The highest BCUT2D eigenvalue weighted by Crippen LogP contribution is 2.45. The van der Waals surface area contributed by atoms with Gasteiger partial charge in [0.25, 0.3) is 5.91 Å². The number of nitrogens with zero attached hydrogens (tertiary/aromatic N) is 3. The summed E-state index contributed by atoms with van der Waals surface area (Å²) >= 11 is 0. The van der Waals surface area contributed by atoms with Crippen LogP contribution in [-0.2, 0) is 5.54 Å². The number of carbonyl (C=O) groups excluding carboxylic acids is 1. The zero-order chi connectivity index (χ0) is 28.0. The Morgan fingerprint density at radius 1 is 0.976 bits per heavy atom. The van der Waals surface area contributed by atoms with Gasteiger partial charge in [-0.15, -0.1) is 0 Å². The first-order valence-corrected chi connectivity index (χ1v) is 13.7. The lowest BCUT2D eigenvalue weighted by Crippen LogP contribution is -2.34. The van der Waals surface area contributed by atoms with E-state index in [1.165, 1.54) is 0 Å². The molecule has 3 aromatic carbocycles. The number of hydrogen-bond donors (Lipinski definition) is 2.